The van der Waals surface area contributed by atoms with Crippen molar-refractivity contribution >= 4 is 23.4 Å². The van der Waals surface area contributed by atoms with Gasteiger partial charge in [0.05, 0.1) is 6.26 Å². The molecule has 0 saturated carbocycles. The lowest BCUT2D eigenvalue weighted by Crippen LogP contribution is -2.43. The molecule has 2 aromatic rings. The molecule has 2 N–H and O–H groups in total. The Bertz CT molecular complexity index is 801. The highest BCUT2D eigenvalue weighted by Gasteiger charge is 2.35. The van der Waals surface area contributed by atoms with Crippen LogP contribution in [0.5, 0.6) is 0 Å². The molecule has 7 heteroatoms. The third kappa shape index (κ3) is 3.77. The molecular weight excluding hydrogens is 334 g/mol. The first-order valence-corrected chi connectivity index (χ1v) is 8.63. The van der Waals surface area contributed by atoms with E-state index in [2.05, 4.69) is 10.6 Å². The minimum absolute atomic E-state index is 0.195. The molecule has 3 amide bonds. The lowest BCUT2D eigenvalue weighted by atomic mass is 10.1. The predicted octanol–water partition coefficient (Wildman–Crippen LogP) is 2.27. The van der Waals surface area contributed by atoms with Gasteiger partial charge in [0.2, 0.25) is 5.91 Å². The minimum atomic E-state index is -0.555. The van der Waals surface area contributed by atoms with Crippen molar-refractivity contribution in [3.63, 3.8) is 0 Å². The van der Waals surface area contributed by atoms with Crippen molar-refractivity contribution in [3.05, 3.63) is 54.0 Å². The number of furan rings is 1. The predicted molar refractivity (Wildman–Crippen MR) is 95.8 cm³/mol. The van der Waals surface area contributed by atoms with Crippen LogP contribution in [-0.4, -0.2) is 41.8 Å². The normalized spacial score (nSPS) is 16.3. The lowest BCUT2D eigenvalue weighted by Gasteiger charge is -2.23. The second-order valence-electron chi connectivity index (χ2n) is 6.06. The Labute approximate surface area is 151 Å². The van der Waals surface area contributed by atoms with E-state index >= 15 is 0 Å². The molecule has 1 aromatic carbocycles. The van der Waals surface area contributed by atoms with Crippen molar-refractivity contribution in [3.8, 4) is 0 Å². The van der Waals surface area contributed by atoms with Gasteiger partial charge in [-0.25, -0.2) is 0 Å². The molecule has 1 aliphatic rings. The van der Waals surface area contributed by atoms with Gasteiger partial charge in [-0.1, -0.05) is 6.07 Å². The molecule has 1 aromatic heterocycles. The highest BCUT2D eigenvalue weighted by molar-refractivity contribution is 6.01. The summed E-state index contributed by atoms with van der Waals surface area (Å²) < 4.78 is 5.15. The summed E-state index contributed by atoms with van der Waals surface area (Å²) in [5.41, 5.74) is 0.996. The lowest BCUT2D eigenvalue weighted by molar-refractivity contribution is -0.119. The summed E-state index contributed by atoms with van der Waals surface area (Å²) in [6.07, 6.45) is 2.78. The molecule has 1 fully saturated rings. The van der Waals surface area contributed by atoms with Crippen molar-refractivity contribution in [2.24, 2.45) is 0 Å². The zero-order chi connectivity index (χ0) is 18.5. The molecule has 0 aliphatic carbocycles. The molecule has 0 spiro atoms. The van der Waals surface area contributed by atoms with Gasteiger partial charge < -0.3 is 20.0 Å². The first-order chi connectivity index (χ1) is 12.6. The topological polar surface area (TPSA) is 91.7 Å². The smallest absolute Gasteiger partial charge is 0.290 e. The maximum Gasteiger partial charge on any atom is 0.290 e. The average molecular weight is 355 g/mol. The number of amides is 3. The van der Waals surface area contributed by atoms with Gasteiger partial charge in [0.15, 0.2) is 5.76 Å². The first kappa shape index (κ1) is 17.7. The van der Waals surface area contributed by atoms with Gasteiger partial charge in [0.25, 0.3) is 11.8 Å². The number of nitrogens with zero attached hydrogens (tertiary/aromatic N) is 1. The van der Waals surface area contributed by atoms with Crippen molar-refractivity contribution in [1.29, 1.82) is 0 Å². The van der Waals surface area contributed by atoms with Crippen LogP contribution in [0.4, 0.5) is 5.69 Å². The van der Waals surface area contributed by atoms with Crippen molar-refractivity contribution < 1.29 is 18.8 Å². The van der Waals surface area contributed by atoms with Gasteiger partial charge in [-0.2, -0.15) is 0 Å². The van der Waals surface area contributed by atoms with Gasteiger partial charge in [-0.3, -0.25) is 14.4 Å². The number of carbonyl (C=O) groups is 3. The summed E-state index contributed by atoms with van der Waals surface area (Å²) in [6, 6.07) is 9.41. The van der Waals surface area contributed by atoms with Gasteiger partial charge in [-0.05, 0) is 50.1 Å². The van der Waals surface area contributed by atoms with Crippen LogP contribution >= 0.6 is 0 Å². The number of hydrogen-bond donors (Lipinski definition) is 2. The fourth-order valence-corrected chi connectivity index (χ4v) is 3.05. The summed E-state index contributed by atoms with van der Waals surface area (Å²) >= 11 is 0. The van der Waals surface area contributed by atoms with Gasteiger partial charge in [0, 0.05) is 24.3 Å². The first-order valence-electron chi connectivity index (χ1n) is 8.63. The molecule has 136 valence electrons. The zero-order valence-electron chi connectivity index (χ0n) is 14.5. The average Bonchev–Trinajstić information content (AvgIpc) is 3.33. The summed E-state index contributed by atoms with van der Waals surface area (Å²) in [5.74, 6) is -0.527. The van der Waals surface area contributed by atoms with Crippen molar-refractivity contribution in [2.75, 3.05) is 18.4 Å². The molecule has 1 saturated heterocycles. The Hall–Kier alpha value is -3.09. The second-order valence-corrected chi connectivity index (χ2v) is 6.06. The zero-order valence-corrected chi connectivity index (χ0v) is 14.5. The van der Waals surface area contributed by atoms with E-state index in [0.29, 0.717) is 30.8 Å². The SMILES string of the molecule is CCNC(=O)c1cccc(NC(=O)C2CCCN2C(=O)c2ccco2)c1. The van der Waals surface area contributed by atoms with Crippen LogP contribution in [0.15, 0.2) is 47.1 Å². The van der Waals surface area contributed by atoms with Gasteiger partial charge in [0.1, 0.15) is 6.04 Å². The Morgan fingerprint density at radius 3 is 2.81 bits per heavy atom. The van der Waals surface area contributed by atoms with E-state index in [4.69, 9.17) is 4.42 Å². The van der Waals surface area contributed by atoms with Crippen LogP contribution in [0.3, 0.4) is 0 Å². The number of likely N-dealkylation sites (tertiary alicyclic amines) is 1. The molecule has 1 unspecified atom stereocenters. The number of rotatable bonds is 5. The number of carbonyl (C=O) groups excluding carboxylic acids is 3. The molecule has 26 heavy (non-hydrogen) atoms. The molecule has 2 heterocycles. The van der Waals surface area contributed by atoms with Crippen LogP contribution in [0.25, 0.3) is 0 Å². The van der Waals surface area contributed by atoms with Gasteiger partial charge >= 0.3 is 0 Å². The summed E-state index contributed by atoms with van der Waals surface area (Å²) in [7, 11) is 0. The van der Waals surface area contributed by atoms with E-state index in [1.54, 1.807) is 36.4 Å². The second kappa shape index (κ2) is 7.86. The molecule has 7 nitrogen and oxygen atoms in total. The van der Waals surface area contributed by atoms with E-state index < -0.39 is 6.04 Å². The van der Waals surface area contributed by atoms with E-state index in [1.807, 2.05) is 6.92 Å². The Morgan fingerprint density at radius 1 is 1.23 bits per heavy atom. The van der Waals surface area contributed by atoms with E-state index in [9.17, 15) is 14.4 Å². The minimum Gasteiger partial charge on any atom is -0.459 e. The van der Waals surface area contributed by atoms with E-state index in [-0.39, 0.29) is 23.5 Å². The quantitative estimate of drug-likeness (QED) is 0.861. The van der Waals surface area contributed by atoms with Crippen LogP contribution in [0.2, 0.25) is 0 Å². The fourth-order valence-electron chi connectivity index (χ4n) is 3.05. The van der Waals surface area contributed by atoms with Crippen molar-refractivity contribution in [2.45, 2.75) is 25.8 Å². The monoisotopic (exact) mass is 355 g/mol. The Kier molecular flexibility index (Phi) is 5.36. The summed E-state index contributed by atoms with van der Waals surface area (Å²) in [6.45, 7) is 2.88. The van der Waals surface area contributed by atoms with Crippen molar-refractivity contribution in [1.82, 2.24) is 10.2 Å². The Balaban J connectivity index is 1.70. The molecule has 0 radical (unpaired) electrons. The van der Waals surface area contributed by atoms with Crippen LogP contribution in [0, 0.1) is 0 Å². The van der Waals surface area contributed by atoms with Gasteiger partial charge in [-0.15, -0.1) is 0 Å². The fraction of sp³-hybridized carbons (Fsp3) is 0.316. The van der Waals surface area contributed by atoms with Crippen LogP contribution in [0.1, 0.15) is 40.7 Å². The number of nitrogens with one attached hydrogen (secondary N) is 2. The molecule has 1 aliphatic heterocycles. The third-order valence-corrected chi connectivity index (χ3v) is 4.28. The molecule has 0 bridgehead atoms. The highest BCUT2D eigenvalue weighted by atomic mass is 16.3. The summed E-state index contributed by atoms with van der Waals surface area (Å²) in [4.78, 5) is 38.6. The third-order valence-electron chi connectivity index (χ3n) is 4.28. The van der Waals surface area contributed by atoms with Crippen LogP contribution < -0.4 is 10.6 Å². The number of anilines is 1. The van der Waals surface area contributed by atoms with E-state index in [0.717, 1.165) is 6.42 Å². The van der Waals surface area contributed by atoms with E-state index in [1.165, 1.54) is 11.2 Å². The molecular formula is C19H21N3O4. The molecule has 3 rings (SSSR count). The largest absolute Gasteiger partial charge is 0.459 e. The number of hydrogen-bond acceptors (Lipinski definition) is 4. The Morgan fingerprint density at radius 2 is 2.08 bits per heavy atom. The van der Waals surface area contributed by atoms with Crippen LogP contribution in [-0.2, 0) is 4.79 Å². The highest BCUT2D eigenvalue weighted by Crippen LogP contribution is 2.22. The maximum absolute atomic E-state index is 12.7. The standard InChI is InChI=1S/C19H21N3O4/c1-2-20-17(23)13-6-3-7-14(12-13)21-18(24)15-8-4-10-22(15)19(25)16-9-5-11-26-16/h3,5-7,9,11-12,15H,2,4,8,10H2,1H3,(H,20,23)(H,21,24). The molecule has 1 atom stereocenters. The number of benzene rings is 1. The summed E-state index contributed by atoms with van der Waals surface area (Å²) in [5, 5.41) is 5.53. The maximum atomic E-state index is 12.7.